The molecule has 2 N–H and O–H groups in total. The second-order valence-electron chi connectivity index (χ2n) is 5.91. The van der Waals surface area contributed by atoms with Crippen molar-refractivity contribution in [2.24, 2.45) is 5.41 Å². The van der Waals surface area contributed by atoms with Crippen molar-refractivity contribution in [1.82, 2.24) is 0 Å². The van der Waals surface area contributed by atoms with Crippen LogP contribution in [0.1, 0.15) is 19.4 Å². The van der Waals surface area contributed by atoms with Crippen molar-refractivity contribution >= 4 is 34.8 Å². The van der Waals surface area contributed by atoms with E-state index in [0.29, 0.717) is 16.4 Å². The molecule has 120 valence electrons. The van der Waals surface area contributed by atoms with Gasteiger partial charge in [0.15, 0.2) is 0 Å². The van der Waals surface area contributed by atoms with Crippen LogP contribution in [0.4, 0.5) is 11.4 Å². The Kier molecular flexibility index (Phi) is 5.06. The molecule has 0 spiro atoms. The van der Waals surface area contributed by atoms with Gasteiger partial charge in [-0.2, -0.15) is 0 Å². The molecule has 0 aliphatic rings. The van der Waals surface area contributed by atoms with Gasteiger partial charge in [0, 0.05) is 16.4 Å². The molecule has 0 saturated carbocycles. The molecule has 2 aromatic rings. The Labute approximate surface area is 140 Å². The third-order valence-corrected chi connectivity index (χ3v) is 3.73. The summed E-state index contributed by atoms with van der Waals surface area (Å²) in [5.41, 5.74) is 1.02. The van der Waals surface area contributed by atoms with Crippen molar-refractivity contribution in [2.75, 3.05) is 10.6 Å². The number of hydrogen-bond acceptors (Lipinski definition) is 2. The van der Waals surface area contributed by atoms with E-state index in [0.717, 1.165) is 5.56 Å². The standard InChI is InChI=1S/C18H19ClN2O2/c1-12-6-4-8-14(10-12)20-16(22)18(2,3)17(23)21-15-9-5-7-13(19)11-15/h4-11H,1-3H3,(H,20,22)(H,21,23). The first kappa shape index (κ1) is 17.0. The normalized spacial score (nSPS) is 11.0. The summed E-state index contributed by atoms with van der Waals surface area (Å²) in [5.74, 6) is -0.771. The zero-order valence-corrected chi connectivity index (χ0v) is 14.1. The van der Waals surface area contributed by atoms with Gasteiger partial charge in [-0.15, -0.1) is 0 Å². The number of amides is 2. The van der Waals surface area contributed by atoms with Crippen LogP contribution < -0.4 is 10.6 Å². The number of benzene rings is 2. The first-order chi connectivity index (χ1) is 10.8. The fraction of sp³-hybridized carbons (Fsp3) is 0.222. The number of carbonyl (C=O) groups is 2. The van der Waals surface area contributed by atoms with Gasteiger partial charge in [0.25, 0.3) is 0 Å². The van der Waals surface area contributed by atoms with Crippen LogP contribution in [0.2, 0.25) is 5.02 Å². The van der Waals surface area contributed by atoms with Gasteiger partial charge < -0.3 is 10.6 Å². The van der Waals surface area contributed by atoms with Crippen LogP contribution in [-0.4, -0.2) is 11.8 Å². The van der Waals surface area contributed by atoms with Gasteiger partial charge in [0.05, 0.1) is 0 Å². The van der Waals surface area contributed by atoms with E-state index in [9.17, 15) is 9.59 Å². The number of anilines is 2. The Bertz CT molecular complexity index is 680. The van der Waals surface area contributed by atoms with Crippen LogP contribution in [0.25, 0.3) is 0 Å². The van der Waals surface area contributed by atoms with Gasteiger partial charge >= 0.3 is 0 Å². The summed E-state index contributed by atoms with van der Waals surface area (Å²) in [6.45, 7) is 5.10. The first-order valence-electron chi connectivity index (χ1n) is 7.24. The average molecular weight is 331 g/mol. The lowest BCUT2D eigenvalue weighted by Crippen LogP contribution is -2.41. The molecule has 2 aromatic carbocycles. The minimum Gasteiger partial charge on any atom is -0.325 e. The summed E-state index contributed by atoms with van der Waals surface area (Å²) in [7, 11) is 0. The van der Waals surface area contributed by atoms with Crippen LogP contribution in [0.3, 0.4) is 0 Å². The molecule has 5 heteroatoms. The summed E-state index contributed by atoms with van der Waals surface area (Å²) in [5, 5.41) is 6.01. The molecule has 0 heterocycles. The molecule has 2 rings (SSSR count). The Morgan fingerprint density at radius 1 is 0.913 bits per heavy atom. The number of nitrogens with one attached hydrogen (secondary N) is 2. The summed E-state index contributed by atoms with van der Waals surface area (Å²) >= 11 is 5.90. The van der Waals surface area contributed by atoms with E-state index < -0.39 is 11.3 Å². The quantitative estimate of drug-likeness (QED) is 0.823. The number of carbonyl (C=O) groups excluding carboxylic acids is 2. The van der Waals surface area contributed by atoms with Crippen molar-refractivity contribution in [3.8, 4) is 0 Å². The number of aryl methyl sites for hydroxylation is 1. The Morgan fingerprint density at radius 3 is 1.96 bits per heavy atom. The second kappa shape index (κ2) is 6.84. The van der Waals surface area contributed by atoms with E-state index in [1.165, 1.54) is 0 Å². The number of hydrogen-bond donors (Lipinski definition) is 2. The fourth-order valence-electron chi connectivity index (χ4n) is 1.97. The molecule has 0 aromatic heterocycles. The molecule has 0 bridgehead atoms. The predicted molar refractivity (Wildman–Crippen MR) is 93.7 cm³/mol. The first-order valence-corrected chi connectivity index (χ1v) is 7.62. The van der Waals surface area contributed by atoms with Gasteiger partial charge in [-0.25, -0.2) is 0 Å². The molecule has 0 atom stereocenters. The van der Waals surface area contributed by atoms with E-state index >= 15 is 0 Å². The molecule has 0 saturated heterocycles. The van der Waals surface area contributed by atoms with E-state index in [4.69, 9.17) is 11.6 Å². The minimum absolute atomic E-state index is 0.373. The van der Waals surface area contributed by atoms with Gasteiger partial charge in [-0.05, 0) is 56.7 Å². The van der Waals surface area contributed by atoms with E-state index in [-0.39, 0.29) is 5.91 Å². The topological polar surface area (TPSA) is 58.2 Å². The van der Waals surface area contributed by atoms with Crippen LogP contribution in [0, 0.1) is 12.3 Å². The molecule has 0 radical (unpaired) electrons. The fourth-order valence-corrected chi connectivity index (χ4v) is 2.16. The van der Waals surface area contributed by atoms with Crippen molar-refractivity contribution in [3.05, 3.63) is 59.1 Å². The Hall–Kier alpha value is -2.33. The van der Waals surface area contributed by atoms with Crippen LogP contribution in [0.15, 0.2) is 48.5 Å². The molecular weight excluding hydrogens is 312 g/mol. The molecule has 0 aliphatic carbocycles. The molecule has 0 unspecified atom stereocenters. The minimum atomic E-state index is -1.23. The Morgan fingerprint density at radius 2 is 1.43 bits per heavy atom. The summed E-state index contributed by atoms with van der Waals surface area (Å²) in [6.07, 6.45) is 0. The van der Waals surface area contributed by atoms with Crippen LogP contribution in [0.5, 0.6) is 0 Å². The highest BCUT2D eigenvalue weighted by atomic mass is 35.5. The van der Waals surface area contributed by atoms with E-state index in [1.54, 1.807) is 44.2 Å². The van der Waals surface area contributed by atoms with Crippen molar-refractivity contribution < 1.29 is 9.59 Å². The molecule has 0 fully saturated rings. The third-order valence-electron chi connectivity index (χ3n) is 3.49. The summed E-state index contributed by atoms with van der Waals surface area (Å²) in [6, 6.07) is 14.2. The van der Waals surface area contributed by atoms with Crippen molar-refractivity contribution in [3.63, 3.8) is 0 Å². The highest BCUT2D eigenvalue weighted by Gasteiger charge is 2.36. The Balaban J connectivity index is 2.09. The maximum absolute atomic E-state index is 12.4. The lowest BCUT2D eigenvalue weighted by molar-refractivity contribution is -0.135. The summed E-state index contributed by atoms with van der Waals surface area (Å²) in [4.78, 5) is 24.9. The van der Waals surface area contributed by atoms with Crippen molar-refractivity contribution in [2.45, 2.75) is 20.8 Å². The number of rotatable bonds is 4. The molecule has 4 nitrogen and oxygen atoms in total. The molecule has 0 aliphatic heterocycles. The zero-order chi connectivity index (χ0) is 17.0. The predicted octanol–water partition coefficient (Wildman–Crippen LogP) is 4.25. The van der Waals surface area contributed by atoms with Gasteiger partial charge in [-0.1, -0.05) is 29.8 Å². The van der Waals surface area contributed by atoms with Gasteiger partial charge in [0.1, 0.15) is 5.41 Å². The maximum Gasteiger partial charge on any atom is 0.239 e. The van der Waals surface area contributed by atoms with Crippen molar-refractivity contribution in [1.29, 1.82) is 0 Å². The lowest BCUT2D eigenvalue weighted by atomic mass is 9.90. The van der Waals surface area contributed by atoms with E-state index in [1.807, 2.05) is 25.1 Å². The zero-order valence-electron chi connectivity index (χ0n) is 13.3. The second-order valence-corrected chi connectivity index (χ2v) is 6.35. The highest BCUT2D eigenvalue weighted by molar-refractivity contribution is 6.31. The molecule has 2 amide bonds. The maximum atomic E-state index is 12.4. The third kappa shape index (κ3) is 4.33. The molecule has 23 heavy (non-hydrogen) atoms. The molecular formula is C18H19ClN2O2. The highest BCUT2D eigenvalue weighted by Crippen LogP contribution is 2.23. The van der Waals surface area contributed by atoms with Gasteiger partial charge in [0.2, 0.25) is 11.8 Å². The monoisotopic (exact) mass is 330 g/mol. The summed E-state index contributed by atoms with van der Waals surface area (Å²) < 4.78 is 0. The number of halogens is 1. The van der Waals surface area contributed by atoms with E-state index in [2.05, 4.69) is 10.6 Å². The average Bonchev–Trinajstić information content (AvgIpc) is 2.47. The van der Waals surface area contributed by atoms with Gasteiger partial charge in [-0.3, -0.25) is 9.59 Å². The van der Waals surface area contributed by atoms with Crippen LogP contribution in [-0.2, 0) is 9.59 Å². The largest absolute Gasteiger partial charge is 0.325 e. The SMILES string of the molecule is Cc1cccc(NC(=O)C(C)(C)C(=O)Nc2cccc(Cl)c2)c1. The smallest absolute Gasteiger partial charge is 0.239 e. The lowest BCUT2D eigenvalue weighted by Gasteiger charge is -2.23. The van der Waals surface area contributed by atoms with Crippen LogP contribution >= 0.6 is 11.6 Å².